The molecule has 0 spiro atoms. The van der Waals surface area contributed by atoms with E-state index >= 15 is 0 Å². The number of rotatable bonds is 4. The van der Waals surface area contributed by atoms with E-state index in [0.29, 0.717) is 17.4 Å². The van der Waals surface area contributed by atoms with Gasteiger partial charge >= 0.3 is 0 Å². The van der Waals surface area contributed by atoms with E-state index in [2.05, 4.69) is 0 Å². The van der Waals surface area contributed by atoms with Crippen LogP contribution in [0.25, 0.3) is 11.0 Å². The number of para-hydroxylation sites is 1. The lowest BCUT2D eigenvalue weighted by atomic mass is 9.90. The quantitative estimate of drug-likeness (QED) is 0.863. The van der Waals surface area contributed by atoms with E-state index in [9.17, 15) is 0 Å². The summed E-state index contributed by atoms with van der Waals surface area (Å²) in [4.78, 5) is 0.250. The van der Waals surface area contributed by atoms with Gasteiger partial charge in [-0.25, -0.2) is 0 Å². The summed E-state index contributed by atoms with van der Waals surface area (Å²) < 4.78 is 11.7. The van der Waals surface area contributed by atoms with Crippen LogP contribution in [-0.2, 0) is 0 Å². The number of nitrogens with two attached hydrogens (primary N) is 1. The van der Waals surface area contributed by atoms with Crippen LogP contribution < -0.4 is 10.5 Å². The molecule has 1 aliphatic rings. The number of fused-ring (bicyclic) bond motifs is 1. The van der Waals surface area contributed by atoms with Crippen LogP contribution in [0.3, 0.4) is 0 Å². The third kappa shape index (κ3) is 2.66. The van der Waals surface area contributed by atoms with Crippen molar-refractivity contribution in [1.29, 1.82) is 0 Å². The van der Waals surface area contributed by atoms with E-state index in [4.69, 9.17) is 27.1 Å². The van der Waals surface area contributed by atoms with Crippen molar-refractivity contribution in [2.24, 2.45) is 11.7 Å². The average Bonchev–Trinajstić information content (AvgIpc) is 2.85. The molecule has 106 valence electrons. The summed E-state index contributed by atoms with van der Waals surface area (Å²) in [7, 11) is 0. The second-order valence-corrected chi connectivity index (χ2v) is 5.88. The first-order chi connectivity index (χ1) is 9.75. The van der Waals surface area contributed by atoms with Gasteiger partial charge in [-0.2, -0.15) is 0 Å². The number of benzene rings is 1. The Bertz CT molecular complexity index is 614. The molecule has 1 aliphatic carbocycles. The van der Waals surface area contributed by atoms with Gasteiger partial charge in [0, 0.05) is 0 Å². The maximum atomic E-state index is 6.03. The lowest BCUT2D eigenvalue weighted by molar-refractivity contribution is 0.208. The van der Waals surface area contributed by atoms with Gasteiger partial charge in [0.15, 0.2) is 5.75 Å². The summed E-state index contributed by atoms with van der Waals surface area (Å²) in [6, 6.07) is 7.79. The van der Waals surface area contributed by atoms with Gasteiger partial charge in [0.25, 0.3) is 0 Å². The lowest BCUT2D eigenvalue weighted by Crippen LogP contribution is -2.17. The minimum atomic E-state index is 0.250. The molecule has 4 heteroatoms. The molecule has 0 unspecified atom stereocenters. The monoisotopic (exact) mass is 289 g/mol. The van der Waals surface area contributed by atoms with Crippen molar-refractivity contribution in [2.75, 3.05) is 6.61 Å². The first kappa shape index (κ1) is 13.4. The molecule has 3 nitrogen and oxygen atoms in total. The number of ether oxygens (including phenoxy) is 1. The highest BCUT2D eigenvalue weighted by atomic mass is 32.1. The van der Waals surface area contributed by atoms with Gasteiger partial charge in [-0.3, -0.25) is 0 Å². The third-order valence-corrected chi connectivity index (χ3v) is 4.15. The van der Waals surface area contributed by atoms with E-state index in [0.717, 1.165) is 17.6 Å². The molecule has 1 fully saturated rings. The second-order valence-electron chi connectivity index (χ2n) is 5.44. The van der Waals surface area contributed by atoms with Crippen molar-refractivity contribution in [3.05, 3.63) is 30.0 Å². The van der Waals surface area contributed by atoms with Gasteiger partial charge < -0.3 is 14.9 Å². The molecule has 20 heavy (non-hydrogen) atoms. The van der Waals surface area contributed by atoms with Gasteiger partial charge in [-0.1, -0.05) is 43.6 Å². The van der Waals surface area contributed by atoms with Crippen LogP contribution >= 0.6 is 12.2 Å². The van der Waals surface area contributed by atoms with Crippen molar-refractivity contribution in [3.8, 4) is 5.75 Å². The maximum Gasteiger partial charge on any atom is 0.204 e. The van der Waals surface area contributed by atoms with Crippen LogP contribution in [-0.4, -0.2) is 11.6 Å². The molecule has 1 saturated carbocycles. The van der Waals surface area contributed by atoms with E-state index in [1.165, 1.54) is 32.1 Å². The van der Waals surface area contributed by atoms with Crippen molar-refractivity contribution in [3.63, 3.8) is 0 Å². The topological polar surface area (TPSA) is 48.4 Å². The highest BCUT2D eigenvalue weighted by Gasteiger charge is 2.20. The Morgan fingerprint density at radius 1 is 1.25 bits per heavy atom. The van der Waals surface area contributed by atoms with Crippen LogP contribution in [0.4, 0.5) is 0 Å². The average molecular weight is 289 g/mol. The highest BCUT2D eigenvalue weighted by Crippen LogP contribution is 2.34. The van der Waals surface area contributed by atoms with Gasteiger partial charge in [-0.05, 0) is 30.9 Å². The van der Waals surface area contributed by atoms with Crippen LogP contribution in [0.1, 0.15) is 37.9 Å². The molecule has 2 aromatic rings. The Kier molecular flexibility index (Phi) is 3.92. The first-order valence-electron chi connectivity index (χ1n) is 7.20. The normalized spacial score (nSPS) is 16.4. The van der Waals surface area contributed by atoms with Crippen molar-refractivity contribution >= 4 is 28.2 Å². The minimum Gasteiger partial charge on any atom is -0.488 e. The Labute approximate surface area is 124 Å². The summed E-state index contributed by atoms with van der Waals surface area (Å²) in [5, 5.41) is 0.950. The SMILES string of the molecule is NC(=S)c1oc2ccccc2c1OCC1CCCCC1. The van der Waals surface area contributed by atoms with Gasteiger partial charge in [0.2, 0.25) is 5.76 Å². The second kappa shape index (κ2) is 5.83. The Balaban J connectivity index is 1.84. The Hall–Kier alpha value is -1.55. The minimum absolute atomic E-state index is 0.250. The molecule has 0 bridgehead atoms. The van der Waals surface area contributed by atoms with Crippen LogP contribution in [0.15, 0.2) is 28.7 Å². The molecule has 0 amide bonds. The van der Waals surface area contributed by atoms with Gasteiger partial charge in [0.05, 0.1) is 12.0 Å². The molecule has 2 N–H and O–H groups in total. The predicted molar refractivity (Wildman–Crippen MR) is 84.2 cm³/mol. The number of thiocarbonyl (C=S) groups is 1. The molecule has 1 aromatic heterocycles. The summed E-state index contributed by atoms with van der Waals surface area (Å²) in [6.45, 7) is 0.721. The van der Waals surface area contributed by atoms with Gasteiger partial charge in [0.1, 0.15) is 10.6 Å². The molecule has 0 radical (unpaired) electrons. The zero-order valence-electron chi connectivity index (χ0n) is 11.4. The Morgan fingerprint density at radius 3 is 2.75 bits per heavy atom. The van der Waals surface area contributed by atoms with E-state index in [1.807, 2.05) is 24.3 Å². The molecule has 0 aliphatic heterocycles. The van der Waals surface area contributed by atoms with Crippen molar-refractivity contribution < 1.29 is 9.15 Å². The van der Waals surface area contributed by atoms with Gasteiger partial charge in [-0.15, -0.1) is 0 Å². The molecular weight excluding hydrogens is 270 g/mol. The van der Waals surface area contributed by atoms with E-state index in [1.54, 1.807) is 0 Å². The third-order valence-electron chi connectivity index (χ3n) is 3.96. The summed E-state index contributed by atoms with van der Waals surface area (Å²) in [5.74, 6) is 1.84. The molecule has 1 heterocycles. The molecular formula is C16H19NO2S. The predicted octanol–water partition coefficient (Wildman–Crippen LogP) is 4.03. The van der Waals surface area contributed by atoms with E-state index < -0.39 is 0 Å². The van der Waals surface area contributed by atoms with Crippen molar-refractivity contribution in [1.82, 2.24) is 0 Å². The zero-order valence-corrected chi connectivity index (χ0v) is 12.2. The fourth-order valence-corrected chi connectivity index (χ4v) is 3.02. The molecule has 0 saturated heterocycles. The fraction of sp³-hybridized carbons (Fsp3) is 0.438. The number of furan rings is 1. The smallest absolute Gasteiger partial charge is 0.204 e. The maximum absolute atomic E-state index is 6.03. The molecule has 3 rings (SSSR count). The lowest BCUT2D eigenvalue weighted by Gasteiger charge is -2.21. The molecule has 1 aromatic carbocycles. The largest absolute Gasteiger partial charge is 0.488 e. The van der Waals surface area contributed by atoms with Crippen molar-refractivity contribution in [2.45, 2.75) is 32.1 Å². The fourth-order valence-electron chi connectivity index (χ4n) is 2.88. The first-order valence-corrected chi connectivity index (χ1v) is 7.60. The highest BCUT2D eigenvalue weighted by molar-refractivity contribution is 7.80. The summed E-state index contributed by atoms with van der Waals surface area (Å²) >= 11 is 5.07. The standard InChI is InChI=1S/C16H19NO2S/c17-16(20)15-14(12-8-4-5-9-13(12)19-15)18-10-11-6-2-1-3-7-11/h4-5,8-9,11H,1-3,6-7,10H2,(H2,17,20). The summed E-state index contributed by atoms with van der Waals surface area (Å²) in [5.41, 5.74) is 6.52. The Morgan fingerprint density at radius 2 is 2.00 bits per heavy atom. The van der Waals surface area contributed by atoms with E-state index in [-0.39, 0.29) is 4.99 Å². The number of hydrogen-bond acceptors (Lipinski definition) is 3. The zero-order chi connectivity index (χ0) is 13.9. The van der Waals surface area contributed by atoms with Crippen LogP contribution in [0.2, 0.25) is 0 Å². The van der Waals surface area contributed by atoms with Crippen LogP contribution in [0, 0.1) is 5.92 Å². The summed E-state index contributed by atoms with van der Waals surface area (Å²) in [6.07, 6.45) is 6.46. The number of hydrogen-bond donors (Lipinski definition) is 1. The molecule has 0 atom stereocenters. The van der Waals surface area contributed by atoms with Crippen LogP contribution in [0.5, 0.6) is 5.75 Å².